The number of nitrogens with one attached hydrogen (secondary N) is 1. The highest BCUT2D eigenvalue weighted by Crippen LogP contribution is 2.24. The van der Waals surface area contributed by atoms with Crippen molar-refractivity contribution in [1.29, 1.82) is 0 Å². The Hall–Kier alpha value is -1.72. The van der Waals surface area contributed by atoms with Crippen molar-refractivity contribution in [3.8, 4) is 0 Å². The van der Waals surface area contributed by atoms with Gasteiger partial charge in [-0.3, -0.25) is 10.5 Å². The lowest BCUT2D eigenvalue weighted by Gasteiger charge is -2.16. The van der Waals surface area contributed by atoms with Gasteiger partial charge in [-0.25, -0.2) is 9.82 Å². The Morgan fingerprint density at radius 3 is 2.61 bits per heavy atom. The molecule has 2 aromatic rings. The molecule has 2 rings (SSSR count). The maximum atomic E-state index is 13.6. The van der Waals surface area contributed by atoms with E-state index in [4.69, 9.17) is 5.84 Å². The van der Waals surface area contributed by atoms with E-state index >= 15 is 0 Å². The van der Waals surface area contributed by atoms with E-state index in [0.717, 1.165) is 16.8 Å². The van der Waals surface area contributed by atoms with Crippen LogP contribution in [0, 0.1) is 19.7 Å². The van der Waals surface area contributed by atoms with Gasteiger partial charge in [0.15, 0.2) is 0 Å². The van der Waals surface area contributed by atoms with Crippen molar-refractivity contribution in [2.75, 3.05) is 0 Å². The van der Waals surface area contributed by atoms with Crippen LogP contribution in [0.15, 0.2) is 24.4 Å². The molecule has 0 amide bonds. The average Bonchev–Trinajstić information content (AvgIpc) is 2.64. The van der Waals surface area contributed by atoms with Crippen molar-refractivity contribution in [2.45, 2.75) is 19.9 Å². The third-order valence-electron chi connectivity index (χ3n) is 3.06. The van der Waals surface area contributed by atoms with E-state index in [1.165, 1.54) is 6.07 Å². The van der Waals surface area contributed by atoms with Crippen LogP contribution in [-0.2, 0) is 7.05 Å². The van der Waals surface area contributed by atoms with Gasteiger partial charge in [0.1, 0.15) is 5.82 Å². The molecular weight excluding hydrogens is 231 g/mol. The highest BCUT2D eigenvalue weighted by molar-refractivity contribution is 5.34. The first-order valence-electron chi connectivity index (χ1n) is 5.75. The maximum absolute atomic E-state index is 13.6. The first-order chi connectivity index (χ1) is 8.52. The Morgan fingerprint density at radius 2 is 2.11 bits per heavy atom. The fourth-order valence-corrected chi connectivity index (χ4v) is 2.06. The van der Waals surface area contributed by atoms with Crippen LogP contribution in [0.2, 0.25) is 0 Å². The van der Waals surface area contributed by atoms with Gasteiger partial charge in [0.05, 0.1) is 11.7 Å². The molecule has 1 aromatic heterocycles. The van der Waals surface area contributed by atoms with E-state index in [0.29, 0.717) is 5.56 Å². The molecule has 18 heavy (non-hydrogen) atoms. The molecule has 0 aliphatic carbocycles. The molecule has 0 radical (unpaired) electrons. The molecule has 0 spiro atoms. The Morgan fingerprint density at radius 1 is 1.39 bits per heavy atom. The van der Waals surface area contributed by atoms with Crippen molar-refractivity contribution in [3.63, 3.8) is 0 Å². The summed E-state index contributed by atoms with van der Waals surface area (Å²) >= 11 is 0. The molecule has 0 aliphatic heterocycles. The fraction of sp³-hybridized carbons (Fsp3) is 0.308. The molecular formula is C13H17FN4. The Labute approximate surface area is 106 Å². The van der Waals surface area contributed by atoms with Gasteiger partial charge in [0.25, 0.3) is 0 Å². The zero-order valence-corrected chi connectivity index (χ0v) is 10.7. The summed E-state index contributed by atoms with van der Waals surface area (Å²) in [5.74, 6) is 5.37. The summed E-state index contributed by atoms with van der Waals surface area (Å²) in [7, 11) is 1.85. The van der Waals surface area contributed by atoms with Crippen LogP contribution < -0.4 is 11.3 Å². The fourth-order valence-electron chi connectivity index (χ4n) is 2.06. The van der Waals surface area contributed by atoms with E-state index in [-0.39, 0.29) is 11.9 Å². The van der Waals surface area contributed by atoms with Crippen LogP contribution in [0.5, 0.6) is 0 Å². The van der Waals surface area contributed by atoms with Gasteiger partial charge in [0.2, 0.25) is 0 Å². The van der Waals surface area contributed by atoms with Crippen molar-refractivity contribution < 1.29 is 4.39 Å². The van der Waals surface area contributed by atoms with Gasteiger partial charge in [-0.1, -0.05) is 12.1 Å². The summed E-state index contributed by atoms with van der Waals surface area (Å²) in [6, 6.07) is 4.87. The number of halogens is 1. The van der Waals surface area contributed by atoms with E-state index in [9.17, 15) is 4.39 Å². The normalized spacial score (nSPS) is 12.7. The Kier molecular flexibility index (Phi) is 3.45. The molecule has 4 nitrogen and oxygen atoms in total. The van der Waals surface area contributed by atoms with Gasteiger partial charge in [0, 0.05) is 18.8 Å². The second-order valence-electron chi connectivity index (χ2n) is 4.45. The summed E-state index contributed by atoms with van der Waals surface area (Å²) in [6.07, 6.45) is 1.89. The SMILES string of the molecule is Cc1ccc(C(NN)c2cn(C)nc2C)cc1F. The molecule has 0 bridgehead atoms. The average molecular weight is 248 g/mol. The quantitative estimate of drug-likeness (QED) is 0.642. The zero-order valence-electron chi connectivity index (χ0n) is 10.7. The number of aryl methyl sites for hydroxylation is 3. The number of benzene rings is 1. The standard InChI is InChI=1S/C13H17FN4/c1-8-4-5-10(6-12(8)14)13(16-15)11-7-18(3)17-9(11)2/h4-7,13,16H,15H2,1-3H3. The molecule has 3 N–H and O–H groups in total. The monoisotopic (exact) mass is 248 g/mol. The third-order valence-corrected chi connectivity index (χ3v) is 3.06. The van der Waals surface area contributed by atoms with Crippen LogP contribution >= 0.6 is 0 Å². The van der Waals surface area contributed by atoms with E-state index in [1.807, 2.05) is 26.2 Å². The molecule has 1 atom stereocenters. The van der Waals surface area contributed by atoms with E-state index in [1.54, 1.807) is 17.7 Å². The number of hydrogen-bond donors (Lipinski definition) is 2. The van der Waals surface area contributed by atoms with Crippen LogP contribution in [0.3, 0.4) is 0 Å². The third kappa shape index (κ3) is 2.27. The number of aromatic nitrogens is 2. The molecule has 0 saturated carbocycles. The number of nitrogens with zero attached hydrogens (tertiary/aromatic N) is 2. The van der Waals surface area contributed by atoms with Gasteiger partial charge < -0.3 is 0 Å². The van der Waals surface area contributed by atoms with Crippen LogP contribution in [0.1, 0.15) is 28.4 Å². The number of rotatable bonds is 3. The minimum atomic E-state index is -0.256. The molecule has 1 heterocycles. The molecule has 96 valence electrons. The Bertz CT molecular complexity index is 562. The summed E-state index contributed by atoms with van der Waals surface area (Å²) < 4.78 is 15.3. The minimum Gasteiger partial charge on any atom is -0.275 e. The first-order valence-corrected chi connectivity index (χ1v) is 5.75. The molecule has 0 saturated heterocycles. The maximum Gasteiger partial charge on any atom is 0.126 e. The summed E-state index contributed by atoms with van der Waals surface area (Å²) in [5, 5.41) is 4.27. The van der Waals surface area contributed by atoms with Crippen LogP contribution in [-0.4, -0.2) is 9.78 Å². The van der Waals surface area contributed by atoms with Crippen LogP contribution in [0.25, 0.3) is 0 Å². The van der Waals surface area contributed by atoms with Crippen LogP contribution in [0.4, 0.5) is 4.39 Å². The smallest absolute Gasteiger partial charge is 0.126 e. The van der Waals surface area contributed by atoms with Crippen molar-refractivity contribution in [1.82, 2.24) is 15.2 Å². The summed E-state index contributed by atoms with van der Waals surface area (Å²) in [6.45, 7) is 3.64. The van der Waals surface area contributed by atoms with Gasteiger partial charge in [-0.2, -0.15) is 5.10 Å². The zero-order chi connectivity index (χ0) is 13.3. The highest BCUT2D eigenvalue weighted by Gasteiger charge is 2.18. The highest BCUT2D eigenvalue weighted by atomic mass is 19.1. The number of hydrogen-bond acceptors (Lipinski definition) is 3. The van der Waals surface area contributed by atoms with Crippen molar-refractivity contribution >= 4 is 0 Å². The number of hydrazine groups is 1. The number of nitrogens with two attached hydrogens (primary N) is 1. The van der Waals surface area contributed by atoms with Gasteiger partial charge in [-0.15, -0.1) is 0 Å². The van der Waals surface area contributed by atoms with Gasteiger partial charge >= 0.3 is 0 Å². The largest absolute Gasteiger partial charge is 0.275 e. The predicted molar refractivity (Wildman–Crippen MR) is 68.2 cm³/mol. The lowest BCUT2D eigenvalue weighted by Crippen LogP contribution is -2.29. The molecule has 5 heteroatoms. The van der Waals surface area contributed by atoms with Crippen molar-refractivity contribution in [3.05, 3.63) is 52.6 Å². The molecule has 0 aliphatic rings. The second-order valence-corrected chi connectivity index (χ2v) is 4.45. The lowest BCUT2D eigenvalue weighted by atomic mass is 9.99. The predicted octanol–water partition coefficient (Wildman–Crippen LogP) is 1.73. The topological polar surface area (TPSA) is 55.9 Å². The molecule has 1 unspecified atom stereocenters. The lowest BCUT2D eigenvalue weighted by molar-refractivity contribution is 0.598. The molecule has 1 aromatic carbocycles. The van der Waals surface area contributed by atoms with Crippen molar-refractivity contribution in [2.24, 2.45) is 12.9 Å². The van der Waals surface area contributed by atoms with Gasteiger partial charge in [-0.05, 0) is 31.0 Å². The Balaban J connectivity index is 2.45. The first kappa shape index (κ1) is 12.7. The summed E-state index contributed by atoms with van der Waals surface area (Å²) in [4.78, 5) is 0. The molecule has 0 fully saturated rings. The summed E-state index contributed by atoms with van der Waals surface area (Å²) in [5.41, 5.74) is 5.95. The minimum absolute atomic E-state index is 0.228. The van der Waals surface area contributed by atoms with E-state index in [2.05, 4.69) is 10.5 Å². The second kappa shape index (κ2) is 4.88. The van der Waals surface area contributed by atoms with E-state index < -0.39 is 0 Å².